The average molecular weight is 182 g/mol. The Balaban J connectivity index is -0.0000000600. The van der Waals surface area contributed by atoms with Gasteiger partial charge in [-0.3, -0.25) is 0 Å². The van der Waals surface area contributed by atoms with Gasteiger partial charge in [-0.15, -0.1) is 0 Å². The van der Waals surface area contributed by atoms with Crippen LogP contribution < -0.4 is 0 Å². The second-order valence-electron chi connectivity index (χ2n) is 2.48. The zero-order chi connectivity index (χ0) is 5.91. The van der Waals surface area contributed by atoms with Crippen LogP contribution in [0.15, 0.2) is 0 Å². The molecule has 0 aliphatic carbocycles. The maximum atomic E-state index is 8.43. The van der Waals surface area contributed by atoms with Crippen LogP contribution in [0.5, 0.6) is 0 Å². The third-order valence-electron chi connectivity index (χ3n) is 0.856. The van der Waals surface area contributed by atoms with Crippen molar-refractivity contribution >= 4 is 0 Å². The summed E-state index contributed by atoms with van der Waals surface area (Å²) in [6, 6.07) is 0. The van der Waals surface area contributed by atoms with Crippen molar-refractivity contribution in [3.8, 4) is 0 Å². The van der Waals surface area contributed by atoms with Crippen LogP contribution in [0.2, 0.25) is 0 Å². The van der Waals surface area contributed by atoms with Crippen LogP contribution in [0.25, 0.3) is 0 Å². The maximum Gasteiger partial charge on any atom is 2.00 e. The SMILES string of the molecule is CC(C)(CO)CO.[CH3-].[CH3-].[Ti+2]. The summed E-state index contributed by atoms with van der Waals surface area (Å²) in [6.07, 6.45) is 0. The molecule has 0 saturated heterocycles. The van der Waals surface area contributed by atoms with Crippen molar-refractivity contribution in [2.24, 2.45) is 5.41 Å². The van der Waals surface area contributed by atoms with E-state index in [-0.39, 0.29) is 55.2 Å². The van der Waals surface area contributed by atoms with E-state index in [1.807, 2.05) is 0 Å². The van der Waals surface area contributed by atoms with Gasteiger partial charge in [-0.25, -0.2) is 0 Å². The van der Waals surface area contributed by atoms with E-state index in [4.69, 9.17) is 10.2 Å². The fourth-order valence-corrected chi connectivity index (χ4v) is 0.0500. The number of hydrogen-bond acceptors (Lipinski definition) is 2. The standard InChI is InChI=1S/C5H12O2.2CH3.Ti/c1-5(2,3-6)4-7;;;/h6-7H,3-4H2,1-2H3;2*1H3;/q;2*-1;+2. The molecular formula is C7H18O2Ti. The molecule has 0 aromatic carbocycles. The number of hydrogen-bond donors (Lipinski definition) is 2. The van der Waals surface area contributed by atoms with E-state index in [9.17, 15) is 0 Å². The Kier molecular flexibility index (Phi) is 21.6. The Morgan fingerprint density at radius 1 is 1.00 bits per heavy atom. The first-order valence-corrected chi connectivity index (χ1v) is 2.34. The molecule has 0 rings (SSSR count). The fraction of sp³-hybridized carbons (Fsp3) is 0.714. The largest absolute Gasteiger partial charge is 2.00 e. The van der Waals surface area contributed by atoms with Crippen LogP contribution in [0.4, 0.5) is 0 Å². The molecule has 10 heavy (non-hydrogen) atoms. The number of rotatable bonds is 2. The molecule has 62 valence electrons. The molecule has 0 aliphatic rings. The van der Waals surface area contributed by atoms with Gasteiger partial charge in [0.05, 0.1) is 13.2 Å². The van der Waals surface area contributed by atoms with Gasteiger partial charge in [0, 0.05) is 5.41 Å². The Morgan fingerprint density at radius 3 is 1.20 bits per heavy atom. The molecule has 0 heterocycles. The van der Waals surface area contributed by atoms with Gasteiger partial charge in [0.2, 0.25) is 0 Å². The van der Waals surface area contributed by atoms with E-state index >= 15 is 0 Å². The van der Waals surface area contributed by atoms with Crippen LogP contribution in [-0.4, -0.2) is 23.4 Å². The summed E-state index contributed by atoms with van der Waals surface area (Å²) in [7, 11) is 0. The average Bonchev–Trinajstić information content (AvgIpc) is 1.68. The first kappa shape index (κ1) is 22.4. The topological polar surface area (TPSA) is 40.5 Å². The van der Waals surface area contributed by atoms with Gasteiger partial charge in [-0.2, -0.15) is 0 Å². The molecule has 0 atom stereocenters. The summed E-state index contributed by atoms with van der Waals surface area (Å²) in [4.78, 5) is 0. The normalized spacial score (nSPS) is 8.40. The molecule has 0 aromatic rings. The summed E-state index contributed by atoms with van der Waals surface area (Å²) in [5.74, 6) is 0. The summed E-state index contributed by atoms with van der Waals surface area (Å²) >= 11 is 0. The van der Waals surface area contributed by atoms with Gasteiger partial charge in [0.1, 0.15) is 0 Å². The minimum absolute atomic E-state index is 0. The molecule has 0 unspecified atom stereocenters. The van der Waals surface area contributed by atoms with Crippen molar-refractivity contribution in [2.75, 3.05) is 13.2 Å². The molecule has 0 fully saturated rings. The monoisotopic (exact) mass is 182 g/mol. The van der Waals surface area contributed by atoms with Crippen LogP contribution in [0, 0.1) is 20.3 Å². The number of aliphatic hydroxyl groups is 2. The van der Waals surface area contributed by atoms with E-state index in [0.717, 1.165) is 0 Å². The minimum atomic E-state index is -0.306. The second-order valence-corrected chi connectivity index (χ2v) is 2.48. The van der Waals surface area contributed by atoms with E-state index in [1.165, 1.54) is 0 Å². The van der Waals surface area contributed by atoms with Gasteiger partial charge < -0.3 is 25.1 Å². The summed E-state index contributed by atoms with van der Waals surface area (Å²) < 4.78 is 0. The molecule has 2 N–H and O–H groups in total. The fourth-order valence-electron chi connectivity index (χ4n) is 0.0500. The van der Waals surface area contributed by atoms with E-state index in [0.29, 0.717) is 0 Å². The Labute approximate surface area is 79.5 Å². The van der Waals surface area contributed by atoms with Crippen LogP contribution in [0.1, 0.15) is 13.8 Å². The van der Waals surface area contributed by atoms with Gasteiger partial charge in [0.25, 0.3) is 0 Å². The predicted octanol–water partition coefficient (Wildman–Crippen LogP) is 0.895. The van der Waals surface area contributed by atoms with Crippen molar-refractivity contribution < 1.29 is 31.9 Å². The molecule has 0 aromatic heterocycles. The molecule has 3 heteroatoms. The smallest absolute Gasteiger partial charge is 0.396 e. The Morgan fingerprint density at radius 2 is 1.20 bits per heavy atom. The molecule has 0 spiro atoms. The summed E-state index contributed by atoms with van der Waals surface area (Å²) in [5, 5.41) is 16.9. The number of aliphatic hydroxyl groups excluding tert-OH is 2. The van der Waals surface area contributed by atoms with Gasteiger partial charge in [-0.1, -0.05) is 13.8 Å². The van der Waals surface area contributed by atoms with Crippen LogP contribution >= 0.6 is 0 Å². The zero-order valence-electron chi connectivity index (χ0n) is 7.31. The summed E-state index contributed by atoms with van der Waals surface area (Å²) in [5.41, 5.74) is -0.306. The quantitative estimate of drug-likeness (QED) is 0.492. The second kappa shape index (κ2) is 9.63. The molecule has 2 nitrogen and oxygen atoms in total. The summed E-state index contributed by atoms with van der Waals surface area (Å²) in [6.45, 7) is 3.69. The first-order chi connectivity index (χ1) is 3.12. The van der Waals surface area contributed by atoms with Crippen molar-refractivity contribution in [3.63, 3.8) is 0 Å². The molecule has 0 bridgehead atoms. The van der Waals surface area contributed by atoms with Crippen LogP contribution in [0.3, 0.4) is 0 Å². The zero-order valence-corrected chi connectivity index (χ0v) is 8.87. The van der Waals surface area contributed by atoms with E-state index in [1.54, 1.807) is 13.8 Å². The first-order valence-electron chi connectivity index (χ1n) is 2.34. The third kappa shape index (κ3) is 11.4. The predicted molar refractivity (Wildman–Crippen MR) is 40.8 cm³/mol. The van der Waals surface area contributed by atoms with Gasteiger partial charge in [-0.05, 0) is 0 Å². The van der Waals surface area contributed by atoms with Gasteiger partial charge >= 0.3 is 21.7 Å². The minimum Gasteiger partial charge on any atom is -0.396 e. The van der Waals surface area contributed by atoms with Crippen molar-refractivity contribution in [1.29, 1.82) is 0 Å². The van der Waals surface area contributed by atoms with E-state index < -0.39 is 0 Å². The molecule has 0 radical (unpaired) electrons. The van der Waals surface area contributed by atoms with E-state index in [2.05, 4.69) is 0 Å². The van der Waals surface area contributed by atoms with Crippen molar-refractivity contribution in [3.05, 3.63) is 14.9 Å². The Bertz CT molecular complexity index is 49.6. The molecule has 0 aliphatic heterocycles. The van der Waals surface area contributed by atoms with Crippen LogP contribution in [-0.2, 0) is 21.7 Å². The van der Waals surface area contributed by atoms with Crippen molar-refractivity contribution in [2.45, 2.75) is 13.8 Å². The molecule has 0 saturated carbocycles. The maximum absolute atomic E-state index is 8.43. The van der Waals surface area contributed by atoms with Crippen molar-refractivity contribution in [1.82, 2.24) is 0 Å². The third-order valence-corrected chi connectivity index (χ3v) is 0.856. The molecule has 0 amide bonds. The van der Waals surface area contributed by atoms with Gasteiger partial charge in [0.15, 0.2) is 0 Å². The molecular weight excluding hydrogens is 164 g/mol. The Hall–Kier alpha value is 0.634.